The van der Waals surface area contributed by atoms with Gasteiger partial charge in [-0.2, -0.15) is 0 Å². The zero-order chi connectivity index (χ0) is 13.8. The average molecular weight is 270 g/mol. The van der Waals surface area contributed by atoms with Gasteiger partial charge in [-0.3, -0.25) is 9.69 Å². The summed E-state index contributed by atoms with van der Waals surface area (Å²) in [5.74, 6) is 0.187. The summed E-state index contributed by atoms with van der Waals surface area (Å²) in [7, 11) is 1.61. The molecule has 0 unspecified atom stereocenters. The van der Waals surface area contributed by atoms with Crippen molar-refractivity contribution in [3.8, 4) is 0 Å². The molecule has 1 heterocycles. The standard InChI is InChI=1S/C14H26N2O3/c1-11(17)16(12-5-6-12)8-13-4-3-7-15(13)9-14(18)10-19-2/h12-14,18H,3-10H2,1-2H3/t13-,14-/m1/s1. The van der Waals surface area contributed by atoms with Gasteiger partial charge in [0.25, 0.3) is 0 Å². The quantitative estimate of drug-likeness (QED) is 0.730. The molecular weight excluding hydrogens is 244 g/mol. The number of rotatable bonds is 7. The zero-order valence-corrected chi connectivity index (χ0v) is 12.0. The second kappa shape index (κ2) is 6.68. The van der Waals surface area contributed by atoms with Gasteiger partial charge in [-0.1, -0.05) is 0 Å². The number of ether oxygens (including phenoxy) is 1. The fourth-order valence-corrected chi connectivity index (χ4v) is 3.01. The number of carbonyl (C=O) groups is 1. The van der Waals surface area contributed by atoms with Crippen LogP contribution in [0.4, 0.5) is 0 Å². The van der Waals surface area contributed by atoms with E-state index in [1.807, 2.05) is 4.90 Å². The van der Waals surface area contributed by atoms with Crippen molar-refractivity contribution in [2.75, 3.05) is 33.4 Å². The molecule has 1 saturated carbocycles. The summed E-state index contributed by atoms with van der Waals surface area (Å²) >= 11 is 0. The van der Waals surface area contributed by atoms with Gasteiger partial charge in [0.05, 0.1) is 12.7 Å². The fraction of sp³-hybridized carbons (Fsp3) is 0.929. The van der Waals surface area contributed by atoms with Crippen LogP contribution in [-0.4, -0.2) is 72.4 Å². The number of aliphatic hydroxyl groups is 1. The lowest BCUT2D eigenvalue weighted by molar-refractivity contribution is -0.130. The second-order valence-corrected chi connectivity index (χ2v) is 5.80. The van der Waals surface area contributed by atoms with Crippen LogP contribution in [0.5, 0.6) is 0 Å². The Kier molecular flexibility index (Phi) is 5.19. The van der Waals surface area contributed by atoms with Crippen molar-refractivity contribution < 1.29 is 14.6 Å². The minimum atomic E-state index is -0.433. The zero-order valence-electron chi connectivity index (χ0n) is 12.0. The van der Waals surface area contributed by atoms with Crippen LogP contribution in [0.1, 0.15) is 32.6 Å². The largest absolute Gasteiger partial charge is 0.389 e. The van der Waals surface area contributed by atoms with Crippen molar-refractivity contribution in [2.24, 2.45) is 0 Å². The number of aliphatic hydroxyl groups excluding tert-OH is 1. The second-order valence-electron chi connectivity index (χ2n) is 5.80. The van der Waals surface area contributed by atoms with E-state index in [1.165, 1.54) is 0 Å². The molecule has 0 bridgehead atoms. The van der Waals surface area contributed by atoms with Gasteiger partial charge in [0, 0.05) is 39.2 Å². The summed E-state index contributed by atoms with van der Waals surface area (Å²) in [4.78, 5) is 16.0. The predicted molar refractivity (Wildman–Crippen MR) is 72.9 cm³/mol. The molecule has 0 aromatic rings. The molecule has 1 aliphatic heterocycles. The highest BCUT2D eigenvalue weighted by molar-refractivity contribution is 5.74. The van der Waals surface area contributed by atoms with Crippen LogP contribution in [-0.2, 0) is 9.53 Å². The van der Waals surface area contributed by atoms with Gasteiger partial charge < -0.3 is 14.7 Å². The molecule has 0 spiro atoms. The SMILES string of the molecule is COC[C@H](O)CN1CCC[C@@H]1CN(C(C)=O)C1CC1. The molecule has 1 amide bonds. The number of likely N-dealkylation sites (tertiary alicyclic amines) is 1. The number of methoxy groups -OCH3 is 1. The van der Waals surface area contributed by atoms with Gasteiger partial charge in [0.15, 0.2) is 0 Å². The van der Waals surface area contributed by atoms with E-state index in [2.05, 4.69) is 4.90 Å². The van der Waals surface area contributed by atoms with Crippen LogP contribution in [0.3, 0.4) is 0 Å². The summed E-state index contributed by atoms with van der Waals surface area (Å²) in [5, 5.41) is 9.84. The molecule has 0 radical (unpaired) electrons. The Labute approximate surface area is 115 Å². The van der Waals surface area contributed by atoms with E-state index < -0.39 is 6.10 Å². The number of carbonyl (C=O) groups excluding carboxylic acids is 1. The Hall–Kier alpha value is -0.650. The molecule has 1 saturated heterocycles. The highest BCUT2D eigenvalue weighted by Crippen LogP contribution is 2.29. The monoisotopic (exact) mass is 270 g/mol. The van der Waals surface area contributed by atoms with Gasteiger partial charge in [-0.25, -0.2) is 0 Å². The first-order valence-corrected chi connectivity index (χ1v) is 7.30. The van der Waals surface area contributed by atoms with E-state index in [4.69, 9.17) is 4.74 Å². The Morgan fingerprint density at radius 2 is 2.21 bits per heavy atom. The molecule has 2 fully saturated rings. The lowest BCUT2D eigenvalue weighted by Gasteiger charge is -2.31. The highest BCUT2D eigenvalue weighted by Gasteiger charge is 2.35. The van der Waals surface area contributed by atoms with Crippen LogP contribution in [0.2, 0.25) is 0 Å². The summed E-state index contributed by atoms with van der Waals surface area (Å²) in [6.45, 7) is 4.52. The van der Waals surface area contributed by atoms with Crippen LogP contribution in [0, 0.1) is 0 Å². The molecule has 19 heavy (non-hydrogen) atoms. The average Bonchev–Trinajstić information content (AvgIpc) is 3.09. The van der Waals surface area contributed by atoms with E-state index in [1.54, 1.807) is 14.0 Å². The summed E-state index contributed by atoms with van der Waals surface area (Å²) in [6, 6.07) is 0.875. The molecule has 1 N–H and O–H groups in total. The molecular formula is C14H26N2O3. The van der Waals surface area contributed by atoms with Gasteiger partial charge in [0.1, 0.15) is 0 Å². The smallest absolute Gasteiger partial charge is 0.219 e. The third-order valence-electron chi connectivity index (χ3n) is 4.10. The van der Waals surface area contributed by atoms with E-state index in [0.717, 1.165) is 38.8 Å². The molecule has 2 aliphatic rings. The van der Waals surface area contributed by atoms with Crippen molar-refractivity contribution in [1.82, 2.24) is 9.80 Å². The lowest BCUT2D eigenvalue weighted by Crippen LogP contribution is -2.46. The predicted octanol–water partition coefficient (Wildman–Crippen LogP) is 0.469. The third kappa shape index (κ3) is 4.16. The molecule has 110 valence electrons. The van der Waals surface area contributed by atoms with Crippen LogP contribution in [0.25, 0.3) is 0 Å². The summed E-state index contributed by atoms with van der Waals surface area (Å²) < 4.78 is 4.98. The van der Waals surface area contributed by atoms with E-state index in [9.17, 15) is 9.90 Å². The minimum Gasteiger partial charge on any atom is -0.389 e. The molecule has 5 nitrogen and oxygen atoms in total. The van der Waals surface area contributed by atoms with E-state index in [0.29, 0.717) is 25.2 Å². The molecule has 0 aromatic carbocycles. The first kappa shape index (κ1) is 14.8. The molecule has 0 aromatic heterocycles. The van der Waals surface area contributed by atoms with Crippen LogP contribution in [0.15, 0.2) is 0 Å². The van der Waals surface area contributed by atoms with E-state index in [-0.39, 0.29) is 5.91 Å². The summed E-state index contributed by atoms with van der Waals surface area (Å²) in [5.41, 5.74) is 0. The molecule has 1 aliphatic carbocycles. The van der Waals surface area contributed by atoms with Crippen molar-refractivity contribution in [3.05, 3.63) is 0 Å². The maximum atomic E-state index is 11.7. The van der Waals surface area contributed by atoms with Crippen molar-refractivity contribution in [1.29, 1.82) is 0 Å². The van der Waals surface area contributed by atoms with Crippen molar-refractivity contribution >= 4 is 5.91 Å². The van der Waals surface area contributed by atoms with Gasteiger partial charge in [-0.15, -0.1) is 0 Å². The normalized spacial score (nSPS) is 25.5. The highest BCUT2D eigenvalue weighted by atomic mass is 16.5. The van der Waals surface area contributed by atoms with Crippen LogP contribution < -0.4 is 0 Å². The first-order valence-electron chi connectivity index (χ1n) is 7.30. The number of nitrogens with zero attached hydrogens (tertiary/aromatic N) is 2. The van der Waals surface area contributed by atoms with Gasteiger partial charge in [0.2, 0.25) is 5.91 Å². The number of amides is 1. The number of β-amino-alcohol motifs (C(OH)–C–C–N with tert-alkyl or cyclic N) is 1. The van der Waals surface area contributed by atoms with Gasteiger partial charge >= 0.3 is 0 Å². The Morgan fingerprint density at radius 1 is 1.47 bits per heavy atom. The summed E-state index contributed by atoms with van der Waals surface area (Å²) in [6.07, 6.45) is 4.14. The van der Waals surface area contributed by atoms with Crippen molar-refractivity contribution in [2.45, 2.75) is 50.8 Å². The Bertz CT molecular complexity index is 307. The number of hydrogen-bond donors (Lipinski definition) is 1. The molecule has 2 atom stereocenters. The molecule has 2 rings (SSSR count). The maximum absolute atomic E-state index is 11.7. The fourth-order valence-electron chi connectivity index (χ4n) is 3.01. The third-order valence-corrected chi connectivity index (χ3v) is 4.10. The molecule has 5 heteroatoms. The van der Waals surface area contributed by atoms with Crippen molar-refractivity contribution in [3.63, 3.8) is 0 Å². The van der Waals surface area contributed by atoms with Gasteiger partial charge in [-0.05, 0) is 32.2 Å². The van der Waals surface area contributed by atoms with E-state index >= 15 is 0 Å². The maximum Gasteiger partial charge on any atom is 0.219 e. The first-order chi connectivity index (χ1) is 9.11. The topological polar surface area (TPSA) is 53.0 Å². The van der Waals surface area contributed by atoms with Crippen LogP contribution >= 0.6 is 0 Å². The number of hydrogen-bond acceptors (Lipinski definition) is 4. The Morgan fingerprint density at radius 3 is 2.79 bits per heavy atom. The lowest BCUT2D eigenvalue weighted by atomic mass is 10.2. The minimum absolute atomic E-state index is 0.187. The Balaban J connectivity index is 1.85.